The molecule has 3 aromatic rings. The number of aromatic nitrogens is 1. The molecule has 0 aliphatic carbocycles. The highest BCUT2D eigenvalue weighted by Crippen LogP contribution is 2.36. The predicted octanol–water partition coefficient (Wildman–Crippen LogP) is 4.16. The third-order valence-electron chi connectivity index (χ3n) is 3.30. The number of nitrogens with zero attached hydrogens (tertiary/aromatic N) is 1. The fraction of sp³-hybridized carbons (Fsp3) is 0.188. The summed E-state index contributed by atoms with van der Waals surface area (Å²) in [4.78, 5) is 0. The SMILES string of the molecule is Cc1cc(CN)cc(C)c1Oc1snc2ccccc12. The summed E-state index contributed by atoms with van der Waals surface area (Å²) in [6, 6.07) is 12.2. The van der Waals surface area contributed by atoms with Crippen molar-refractivity contribution in [2.24, 2.45) is 5.73 Å². The zero-order valence-electron chi connectivity index (χ0n) is 11.5. The lowest BCUT2D eigenvalue weighted by atomic mass is 10.1. The Labute approximate surface area is 122 Å². The van der Waals surface area contributed by atoms with Gasteiger partial charge in [-0.1, -0.05) is 24.3 Å². The fourth-order valence-electron chi connectivity index (χ4n) is 2.35. The smallest absolute Gasteiger partial charge is 0.207 e. The first kappa shape index (κ1) is 13.1. The van der Waals surface area contributed by atoms with Crippen LogP contribution in [0.5, 0.6) is 10.8 Å². The molecule has 4 heteroatoms. The maximum Gasteiger partial charge on any atom is 0.207 e. The summed E-state index contributed by atoms with van der Waals surface area (Å²) >= 11 is 1.39. The van der Waals surface area contributed by atoms with Crippen molar-refractivity contribution in [3.05, 3.63) is 53.1 Å². The molecule has 0 bridgehead atoms. The summed E-state index contributed by atoms with van der Waals surface area (Å²) in [7, 11) is 0. The van der Waals surface area contributed by atoms with E-state index in [4.69, 9.17) is 10.5 Å². The summed E-state index contributed by atoms with van der Waals surface area (Å²) in [5, 5.41) is 1.89. The van der Waals surface area contributed by atoms with Gasteiger partial charge in [0.15, 0.2) is 0 Å². The van der Waals surface area contributed by atoms with Crippen molar-refractivity contribution in [3.8, 4) is 10.8 Å². The van der Waals surface area contributed by atoms with Gasteiger partial charge in [-0.25, -0.2) is 0 Å². The third kappa shape index (κ3) is 2.28. The maximum absolute atomic E-state index is 6.11. The molecule has 3 nitrogen and oxygen atoms in total. The minimum atomic E-state index is 0.547. The Morgan fingerprint density at radius 1 is 1.15 bits per heavy atom. The molecule has 0 amide bonds. The predicted molar refractivity (Wildman–Crippen MR) is 83.5 cm³/mol. The van der Waals surface area contributed by atoms with Crippen LogP contribution in [0, 0.1) is 13.8 Å². The van der Waals surface area contributed by atoms with Crippen molar-refractivity contribution in [2.45, 2.75) is 20.4 Å². The number of rotatable bonds is 3. The zero-order valence-corrected chi connectivity index (χ0v) is 12.3. The van der Waals surface area contributed by atoms with E-state index in [1.54, 1.807) is 0 Å². The molecule has 0 saturated carbocycles. The molecule has 1 heterocycles. The first-order chi connectivity index (χ1) is 9.69. The maximum atomic E-state index is 6.11. The first-order valence-electron chi connectivity index (χ1n) is 6.51. The number of aryl methyl sites for hydroxylation is 2. The molecular formula is C16H16N2OS. The average molecular weight is 284 g/mol. The minimum absolute atomic E-state index is 0.547. The molecule has 0 aliphatic heterocycles. The van der Waals surface area contributed by atoms with Crippen LogP contribution in [0.15, 0.2) is 36.4 Å². The van der Waals surface area contributed by atoms with Crippen LogP contribution in [0.1, 0.15) is 16.7 Å². The van der Waals surface area contributed by atoms with Gasteiger partial charge in [0.05, 0.1) is 10.9 Å². The number of ether oxygens (including phenoxy) is 1. The van der Waals surface area contributed by atoms with E-state index in [0.29, 0.717) is 6.54 Å². The number of fused-ring (bicyclic) bond motifs is 1. The van der Waals surface area contributed by atoms with Gasteiger partial charge >= 0.3 is 0 Å². The fourth-order valence-corrected chi connectivity index (χ4v) is 3.08. The van der Waals surface area contributed by atoms with Crippen molar-refractivity contribution in [1.82, 2.24) is 4.37 Å². The van der Waals surface area contributed by atoms with E-state index in [1.807, 2.05) is 38.1 Å². The van der Waals surface area contributed by atoms with Crippen LogP contribution in [0.25, 0.3) is 10.9 Å². The molecule has 20 heavy (non-hydrogen) atoms. The molecule has 0 unspecified atom stereocenters. The highest BCUT2D eigenvalue weighted by atomic mass is 32.1. The Morgan fingerprint density at radius 2 is 1.85 bits per heavy atom. The van der Waals surface area contributed by atoms with Crippen LogP contribution in [-0.4, -0.2) is 4.37 Å². The van der Waals surface area contributed by atoms with Gasteiger partial charge in [0.2, 0.25) is 5.06 Å². The van der Waals surface area contributed by atoms with Crippen LogP contribution in [0.4, 0.5) is 0 Å². The van der Waals surface area contributed by atoms with Crippen LogP contribution in [0.3, 0.4) is 0 Å². The summed E-state index contributed by atoms with van der Waals surface area (Å²) in [6.45, 7) is 4.64. The normalized spacial score (nSPS) is 10.9. The largest absolute Gasteiger partial charge is 0.444 e. The van der Waals surface area contributed by atoms with Crippen molar-refractivity contribution < 1.29 is 4.74 Å². The van der Waals surface area contributed by atoms with Crippen LogP contribution in [-0.2, 0) is 6.54 Å². The highest BCUT2D eigenvalue weighted by molar-refractivity contribution is 7.09. The van der Waals surface area contributed by atoms with Gasteiger partial charge in [-0.2, -0.15) is 4.37 Å². The minimum Gasteiger partial charge on any atom is -0.444 e. The molecule has 0 saturated heterocycles. The number of benzene rings is 2. The lowest BCUT2D eigenvalue weighted by Crippen LogP contribution is -1.99. The van der Waals surface area contributed by atoms with Gasteiger partial charge in [0.1, 0.15) is 5.75 Å². The quantitative estimate of drug-likeness (QED) is 0.785. The van der Waals surface area contributed by atoms with Crippen molar-refractivity contribution >= 4 is 22.4 Å². The van der Waals surface area contributed by atoms with Gasteiger partial charge in [0, 0.05) is 18.1 Å². The van der Waals surface area contributed by atoms with Crippen molar-refractivity contribution in [3.63, 3.8) is 0 Å². The monoisotopic (exact) mass is 284 g/mol. The van der Waals surface area contributed by atoms with Gasteiger partial charge < -0.3 is 10.5 Å². The van der Waals surface area contributed by atoms with Crippen LogP contribution < -0.4 is 10.5 Å². The molecule has 2 N–H and O–H groups in total. The van der Waals surface area contributed by atoms with Gasteiger partial charge in [-0.15, -0.1) is 0 Å². The van der Waals surface area contributed by atoms with E-state index in [0.717, 1.165) is 38.4 Å². The Balaban J connectivity index is 2.03. The van der Waals surface area contributed by atoms with Gasteiger partial charge in [0.25, 0.3) is 0 Å². The van der Waals surface area contributed by atoms with E-state index in [2.05, 4.69) is 16.5 Å². The van der Waals surface area contributed by atoms with E-state index in [-0.39, 0.29) is 0 Å². The van der Waals surface area contributed by atoms with E-state index < -0.39 is 0 Å². The molecule has 0 spiro atoms. The molecule has 2 aromatic carbocycles. The summed E-state index contributed by atoms with van der Waals surface area (Å²) in [6.07, 6.45) is 0. The Hall–Kier alpha value is -1.91. The second-order valence-corrected chi connectivity index (χ2v) is 5.59. The molecule has 0 radical (unpaired) electrons. The lowest BCUT2D eigenvalue weighted by molar-refractivity contribution is 0.493. The first-order valence-corrected chi connectivity index (χ1v) is 7.29. The number of hydrogen-bond donors (Lipinski definition) is 1. The molecule has 0 aliphatic rings. The van der Waals surface area contributed by atoms with E-state index in [1.165, 1.54) is 11.5 Å². The van der Waals surface area contributed by atoms with Gasteiger partial charge in [-0.05, 0) is 42.7 Å². The van der Waals surface area contributed by atoms with Gasteiger partial charge in [-0.3, -0.25) is 0 Å². The van der Waals surface area contributed by atoms with Crippen LogP contribution >= 0.6 is 11.5 Å². The molecule has 0 atom stereocenters. The van der Waals surface area contributed by atoms with Crippen LogP contribution in [0.2, 0.25) is 0 Å². The standard InChI is InChI=1S/C16H16N2OS/c1-10-7-12(9-17)8-11(2)15(10)19-16-13-5-3-4-6-14(13)18-20-16/h3-8H,9,17H2,1-2H3. The third-order valence-corrected chi connectivity index (χ3v) is 4.06. The highest BCUT2D eigenvalue weighted by Gasteiger charge is 2.12. The summed E-state index contributed by atoms with van der Waals surface area (Å²) in [5.74, 6) is 0.900. The second-order valence-electron chi connectivity index (χ2n) is 4.85. The number of hydrogen-bond acceptors (Lipinski definition) is 4. The lowest BCUT2D eigenvalue weighted by Gasteiger charge is -2.12. The topological polar surface area (TPSA) is 48.1 Å². The summed E-state index contributed by atoms with van der Waals surface area (Å²) < 4.78 is 10.5. The van der Waals surface area contributed by atoms with E-state index >= 15 is 0 Å². The average Bonchev–Trinajstić information content (AvgIpc) is 2.86. The molecular weight excluding hydrogens is 268 g/mol. The van der Waals surface area contributed by atoms with Crippen molar-refractivity contribution in [2.75, 3.05) is 0 Å². The Bertz CT molecular complexity index is 741. The Kier molecular flexibility index (Phi) is 3.42. The van der Waals surface area contributed by atoms with E-state index in [9.17, 15) is 0 Å². The zero-order chi connectivity index (χ0) is 14.1. The molecule has 1 aromatic heterocycles. The summed E-state index contributed by atoms with van der Waals surface area (Å²) in [5.41, 5.74) is 10.00. The Morgan fingerprint density at radius 3 is 2.55 bits per heavy atom. The second kappa shape index (κ2) is 5.23. The molecule has 3 rings (SSSR count). The number of nitrogens with two attached hydrogens (primary N) is 1. The van der Waals surface area contributed by atoms with Crippen molar-refractivity contribution in [1.29, 1.82) is 0 Å². The molecule has 102 valence electrons. The molecule has 0 fully saturated rings.